The van der Waals surface area contributed by atoms with Crippen LogP contribution in [0.3, 0.4) is 0 Å². The Morgan fingerprint density at radius 2 is 1.90 bits per heavy atom. The molecule has 152 valence electrons. The van der Waals surface area contributed by atoms with E-state index in [0.717, 1.165) is 17.0 Å². The molecule has 3 rings (SSSR count). The van der Waals surface area contributed by atoms with Gasteiger partial charge in [-0.2, -0.15) is 0 Å². The Balaban J connectivity index is 1.63. The number of rotatable bonds is 8. The highest BCUT2D eigenvalue weighted by Gasteiger charge is 2.17. The first-order valence-corrected chi connectivity index (χ1v) is 9.54. The van der Waals surface area contributed by atoms with Crippen LogP contribution in [0.2, 0.25) is 0 Å². The summed E-state index contributed by atoms with van der Waals surface area (Å²) < 4.78 is 12.5. The Labute approximate surface area is 170 Å². The van der Waals surface area contributed by atoms with Gasteiger partial charge >= 0.3 is 0 Å². The minimum Gasteiger partial charge on any atom is -0.497 e. The van der Waals surface area contributed by atoms with E-state index in [9.17, 15) is 4.79 Å². The smallest absolute Gasteiger partial charge is 0.274 e. The maximum absolute atomic E-state index is 12.6. The van der Waals surface area contributed by atoms with Crippen LogP contribution in [0.1, 0.15) is 35.6 Å². The zero-order valence-electron chi connectivity index (χ0n) is 17.2. The summed E-state index contributed by atoms with van der Waals surface area (Å²) in [6.07, 6.45) is 0. The Hall–Kier alpha value is -3.35. The standard InChI is InChI=1S/C22H26N4O3/c1-15(2)14-29-19-10-8-17(9-11-19)13-23-22(27)21-16(3)26(25-24-21)18-6-5-7-20(12-18)28-4/h5-12,15H,13-14H2,1-4H3,(H,23,27). The van der Waals surface area contributed by atoms with Crippen LogP contribution in [0.4, 0.5) is 0 Å². The fourth-order valence-corrected chi connectivity index (χ4v) is 2.76. The Kier molecular flexibility index (Phi) is 6.49. The lowest BCUT2D eigenvalue weighted by molar-refractivity contribution is 0.0945. The minimum atomic E-state index is -0.267. The van der Waals surface area contributed by atoms with Gasteiger partial charge < -0.3 is 14.8 Å². The van der Waals surface area contributed by atoms with E-state index in [1.807, 2.05) is 55.5 Å². The first kappa shape index (κ1) is 20.4. The van der Waals surface area contributed by atoms with Crippen LogP contribution in [-0.2, 0) is 6.54 Å². The monoisotopic (exact) mass is 394 g/mol. The number of nitrogens with zero attached hydrogens (tertiary/aromatic N) is 3. The number of hydrogen-bond acceptors (Lipinski definition) is 5. The summed E-state index contributed by atoms with van der Waals surface area (Å²) >= 11 is 0. The zero-order valence-corrected chi connectivity index (χ0v) is 17.2. The summed E-state index contributed by atoms with van der Waals surface area (Å²) in [6, 6.07) is 15.1. The number of aromatic nitrogens is 3. The zero-order chi connectivity index (χ0) is 20.8. The molecule has 0 fully saturated rings. The van der Waals surface area contributed by atoms with Gasteiger partial charge in [-0.25, -0.2) is 4.68 Å². The molecule has 0 spiro atoms. The average molecular weight is 394 g/mol. The van der Waals surface area contributed by atoms with Crippen molar-refractivity contribution in [2.24, 2.45) is 5.92 Å². The molecule has 0 aliphatic carbocycles. The van der Waals surface area contributed by atoms with Gasteiger partial charge in [0.2, 0.25) is 0 Å². The second-order valence-electron chi connectivity index (χ2n) is 7.17. The van der Waals surface area contributed by atoms with E-state index in [2.05, 4.69) is 29.5 Å². The molecule has 0 unspecified atom stereocenters. The van der Waals surface area contributed by atoms with Crippen LogP contribution < -0.4 is 14.8 Å². The Bertz CT molecular complexity index is 964. The topological polar surface area (TPSA) is 78.3 Å². The molecule has 7 heteroatoms. The molecule has 7 nitrogen and oxygen atoms in total. The van der Waals surface area contributed by atoms with Gasteiger partial charge in [0.05, 0.1) is 25.1 Å². The molecule has 3 aromatic rings. The van der Waals surface area contributed by atoms with Crippen LogP contribution in [-0.4, -0.2) is 34.6 Å². The van der Waals surface area contributed by atoms with E-state index in [-0.39, 0.29) is 5.91 Å². The van der Waals surface area contributed by atoms with Crippen molar-refractivity contribution in [3.8, 4) is 17.2 Å². The van der Waals surface area contributed by atoms with E-state index in [1.54, 1.807) is 11.8 Å². The van der Waals surface area contributed by atoms with Gasteiger partial charge in [0.15, 0.2) is 5.69 Å². The highest BCUT2D eigenvalue weighted by molar-refractivity contribution is 5.93. The van der Waals surface area contributed by atoms with E-state index >= 15 is 0 Å². The number of benzene rings is 2. The molecule has 2 aromatic carbocycles. The van der Waals surface area contributed by atoms with E-state index < -0.39 is 0 Å². The molecule has 0 bridgehead atoms. The average Bonchev–Trinajstić information content (AvgIpc) is 3.12. The summed E-state index contributed by atoms with van der Waals surface area (Å²) in [5.41, 5.74) is 2.72. The third kappa shape index (κ3) is 5.13. The van der Waals surface area contributed by atoms with E-state index in [4.69, 9.17) is 9.47 Å². The van der Waals surface area contributed by atoms with Crippen molar-refractivity contribution < 1.29 is 14.3 Å². The maximum Gasteiger partial charge on any atom is 0.274 e. The molecule has 0 radical (unpaired) electrons. The van der Waals surface area contributed by atoms with Crippen molar-refractivity contribution in [2.75, 3.05) is 13.7 Å². The fraction of sp³-hybridized carbons (Fsp3) is 0.318. The SMILES string of the molecule is COc1cccc(-n2nnc(C(=O)NCc3ccc(OCC(C)C)cc3)c2C)c1. The lowest BCUT2D eigenvalue weighted by Gasteiger charge is -2.09. The normalized spacial score (nSPS) is 10.8. The summed E-state index contributed by atoms with van der Waals surface area (Å²) in [4.78, 5) is 12.6. The van der Waals surface area contributed by atoms with Crippen molar-refractivity contribution >= 4 is 5.91 Å². The summed E-state index contributed by atoms with van der Waals surface area (Å²) in [5.74, 6) is 1.74. The second-order valence-corrected chi connectivity index (χ2v) is 7.17. The van der Waals surface area contributed by atoms with Crippen LogP contribution in [0.5, 0.6) is 11.5 Å². The maximum atomic E-state index is 12.6. The van der Waals surface area contributed by atoms with Crippen LogP contribution in [0.25, 0.3) is 5.69 Å². The van der Waals surface area contributed by atoms with Gasteiger partial charge in [-0.3, -0.25) is 4.79 Å². The highest BCUT2D eigenvalue weighted by atomic mass is 16.5. The first-order valence-electron chi connectivity index (χ1n) is 9.54. The third-order valence-electron chi connectivity index (χ3n) is 4.37. The number of carbonyl (C=O) groups is 1. The number of hydrogen-bond donors (Lipinski definition) is 1. The van der Waals surface area contributed by atoms with Gasteiger partial charge in [-0.05, 0) is 42.7 Å². The molecule has 0 saturated heterocycles. The number of ether oxygens (including phenoxy) is 2. The summed E-state index contributed by atoms with van der Waals surface area (Å²) in [7, 11) is 1.61. The highest BCUT2D eigenvalue weighted by Crippen LogP contribution is 2.18. The number of amides is 1. The number of carbonyl (C=O) groups excluding carboxylic acids is 1. The van der Waals surface area contributed by atoms with Crippen molar-refractivity contribution in [3.05, 3.63) is 65.5 Å². The largest absolute Gasteiger partial charge is 0.497 e. The predicted octanol–water partition coefficient (Wildman–Crippen LogP) is 3.55. The number of nitrogens with one attached hydrogen (secondary N) is 1. The van der Waals surface area contributed by atoms with Crippen LogP contribution >= 0.6 is 0 Å². The predicted molar refractivity (Wildman–Crippen MR) is 111 cm³/mol. The minimum absolute atomic E-state index is 0.267. The fourth-order valence-electron chi connectivity index (χ4n) is 2.76. The second kappa shape index (κ2) is 9.23. The van der Waals surface area contributed by atoms with Crippen molar-refractivity contribution in [1.82, 2.24) is 20.3 Å². The lowest BCUT2D eigenvalue weighted by Crippen LogP contribution is -2.24. The van der Waals surface area contributed by atoms with Gasteiger partial charge in [-0.1, -0.05) is 37.3 Å². The molecule has 0 atom stereocenters. The molecule has 0 saturated carbocycles. The first-order chi connectivity index (χ1) is 14.0. The van der Waals surface area contributed by atoms with Crippen LogP contribution in [0.15, 0.2) is 48.5 Å². The molecule has 29 heavy (non-hydrogen) atoms. The lowest BCUT2D eigenvalue weighted by atomic mass is 10.2. The molecule has 1 aromatic heterocycles. The van der Waals surface area contributed by atoms with Gasteiger partial charge in [0.25, 0.3) is 5.91 Å². The summed E-state index contributed by atoms with van der Waals surface area (Å²) in [6.45, 7) is 7.11. The summed E-state index contributed by atoms with van der Waals surface area (Å²) in [5, 5.41) is 11.1. The molecule has 1 N–H and O–H groups in total. The third-order valence-corrected chi connectivity index (χ3v) is 4.37. The molecule has 1 amide bonds. The van der Waals surface area contributed by atoms with Crippen molar-refractivity contribution in [1.29, 1.82) is 0 Å². The van der Waals surface area contributed by atoms with Gasteiger partial charge in [0, 0.05) is 12.6 Å². The van der Waals surface area contributed by atoms with Crippen molar-refractivity contribution in [3.63, 3.8) is 0 Å². The number of methoxy groups -OCH3 is 1. The van der Waals surface area contributed by atoms with E-state index in [1.165, 1.54) is 0 Å². The molecule has 1 heterocycles. The molecule has 0 aliphatic rings. The Morgan fingerprint density at radius 3 is 2.59 bits per heavy atom. The molecular formula is C22H26N4O3. The van der Waals surface area contributed by atoms with Gasteiger partial charge in [0.1, 0.15) is 11.5 Å². The van der Waals surface area contributed by atoms with Crippen molar-refractivity contribution in [2.45, 2.75) is 27.3 Å². The van der Waals surface area contributed by atoms with Gasteiger partial charge in [-0.15, -0.1) is 5.10 Å². The Morgan fingerprint density at radius 1 is 1.14 bits per heavy atom. The molecule has 0 aliphatic heterocycles. The quantitative estimate of drug-likeness (QED) is 0.632. The van der Waals surface area contributed by atoms with Crippen LogP contribution in [0, 0.1) is 12.8 Å². The molecular weight excluding hydrogens is 368 g/mol. The van der Waals surface area contributed by atoms with E-state index in [0.29, 0.717) is 36.2 Å².